The van der Waals surface area contributed by atoms with Crippen molar-refractivity contribution in [2.75, 3.05) is 12.4 Å². The Labute approximate surface area is 156 Å². The van der Waals surface area contributed by atoms with E-state index in [1.54, 1.807) is 61.7 Å². The molecule has 0 radical (unpaired) electrons. The van der Waals surface area contributed by atoms with Crippen molar-refractivity contribution in [3.05, 3.63) is 77.1 Å². The summed E-state index contributed by atoms with van der Waals surface area (Å²) in [5, 5.41) is 3.29. The van der Waals surface area contributed by atoms with Crippen molar-refractivity contribution < 1.29 is 14.3 Å². The largest absolute Gasteiger partial charge is 0.497 e. The van der Waals surface area contributed by atoms with E-state index < -0.39 is 0 Å². The Morgan fingerprint density at radius 3 is 2.46 bits per heavy atom. The number of methoxy groups -OCH3 is 1. The van der Waals surface area contributed by atoms with E-state index in [4.69, 9.17) is 21.1 Å². The normalized spacial score (nSPS) is 10.3. The van der Waals surface area contributed by atoms with Crippen LogP contribution in [0.3, 0.4) is 0 Å². The van der Waals surface area contributed by atoms with Crippen molar-refractivity contribution >= 4 is 23.2 Å². The highest BCUT2D eigenvalue weighted by molar-refractivity contribution is 6.31. The molecule has 0 saturated carbocycles. The van der Waals surface area contributed by atoms with Gasteiger partial charge in [0.1, 0.15) is 17.2 Å². The molecule has 0 saturated heterocycles. The smallest absolute Gasteiger partial charge is 0.274 e. The molecule has 0 unspecified atom stereocenters. The van der Waals surface area contributed by atoms with Crippen molar-refractivity contribution in [1.29, 1.82) is 0 Å². The van der Waals surface area contributed by atoms with Gasteiger partial charge in [-0.15, -0.1) is 0 Å². The van der Waals surface area contributed by atoms with E-state index >= 15 is 0 Å². The molecule has 1 aromatic heterocycles. The van der Waals surface area contributed by atoms with E-state index in [0.717, 1.165) is 11.4 Å². The van der Waals surface area contributed by atoms with Crippen molar-refractivity contribution in [3.63, 3.8) is 0 Å². The topological polar surface area (TPSA) is 60.5 Å². The van der Waals surface area contributed by atoms with Crippen molar-refractivity contribution in [1.82, 2.24) is 4.98 Å². The predicted octanol–water partition coefficient (Wildman–Crippen LogP) is 5.10. The number of ether oxygens (including phenoxy) is 2. The molecule has 0 bridgehead atoms. The maximum Gasteiger partial charge on any atom is 0.274 e. The second kappa shape index (κ2) is 7.89. The maximum absolute atomic E-state index is 12.5. The summed E-state index contributed by atoms with van der Waals surface area (Å²) in [5.74, 6) is 1.47. The zero-order valence-corrected chi connectivity index (χ0v) is 15.1. The minimum atomic E-state index is -0.337. The van der Waals surface area contributed by atoms with Gasteiger partial charge in [0.05, 0.1) is 12.8 Å². The molecule has 0 spiro atoms. The molecule has 5 nitrogen and oxygen atoms in total. The van der Waals surface area contributed by atoms with Crippen LogP contribution < -0.4 is 14.8 Å². The molecule has 132 valence electrons. The lowest BCUT2D eigenvalue weighted by Crippen LogP contribution is -2.14. The minimum absolute atomic E-state index is 0.320. The number of carbonyl (C=O) groups excluding carboxylic acids is 1. The molecule has 6 heteroatoms. The fourth-order valence-corrected chi connectivity index (χ4v) is 2.49. The SMILES string of the molecule is COc1ccc(Oc2ccc(Cl)cc2NC(=O)c2cccc(C)n2)cc1. The summed E-state index contributed by atoms with van der Waals surface area (Å²) >= 11 is 6.08. The zero-order chi connectivity index (χ0) is 18.5. The Kier molecular flexibility index (Phi) is 5.39. The second-order valence-electron chi connectivity index (χ2n) is 5.54. The Morgan fingerprint density at radius 2 is 1.77 bits per heavy atom. The summed E-state index contributed by atoms with van der Waals surface area (Å²) in [7, 11) is 1.60. The number of amides is 1. The monoisotopic (exact) mass is 368 g/mol. The number of carbonyl (C=O) groups is 1. The predicted molar refractivity (Wildman–Crippen MR) is 101 cm³/mol. The number of aromatic nitrogens is 1. The van der Waals surface area contributed by atoms with Crippen LogP contribution in [0.4, 0.5) is 5.69 Å². The highest BCUT2D eigenvalue weighted by Crippen LogP contribution is 2.33. The maximum atomic E-state index is 12.5. The van der Waals surface area contributed by atoms with Crippen LogP contribution in [0, 0.1) is 6.92 Å². The van der Waals surface area contributed by atoms with Gasteiger partial charge in [0.15, 0.2) is 5.75 Å². The number of nitrogens with one attached hydrogen (secondary N) is 1. The molecular weight excluding hydrogens is 352 g/mol. The summed E-state index contributed by atoms with van der Waals surface area (Å²) < 4.78 is 11.0. The third-order valence-corrected chi connectivity index (χ3v) is 3.83. The molecule has 0 fully saturated rings. The molecule has 0 aliphatic carbocycles. The molecule has 1 N–H and O–H groups in total. The molecule has 1 heterocycles. The number of pyridine rings is 1. The molecule has 3 rings (SSSR count). The van der Waals surface area contributed by atoms with E-state index in [0.29, 0.717) is 27.9 Å². The van der Waals surface area contributed by atoms with Gasteiger partial charge in [-0.3, -0.25) is 4.79 Å². The number of hydrogen-bond donors (Lipinski definition) is 1. The minimum Gasteiger partial charge on any atom is -0.497 e. The number of anilines is 1. The Hall–Kier alpha value is -3.05. The summed E-state index contributed by atoms with van der Waals surface area (Å²) in [4.78, 5) is 16.7. The molecule has 3 aromatic rings. The first-order valence-electron chi connectivity index (χ1n) is 7.91. The van der Waals surface area contributed by atoms with Crippen LogP contribution in [-0.2, 0) is 0 Å². The van der Waals surface area contributed by atoms with E-state index in [9.17, 15) is 4.79 Å². The van der Waals surface area contributed by atoms with Gasteiger partial charge in [-0.1, -0.05) is 17.7 Å². The van der Waals surface area contributed by atoms with E-state index in [1.807, 2.05) is 13.0 Å². The highest BCUT2D eigenvalue weighted by Gasteiger charge is 2.13. The fourth-order valence-electron chi connectivity index (χ4n) is 2.32. The summed E-state index contributed by atoms with van der Waals surface area (Å²) in [6.07, 6.45) is 0. The van der Waals surface area contributed by atoms with E-state index in [-0.39, 0.29) is 5.91 Å². The number of hydrogen-bond acceptors (Lipinski definition) is 4. The van der Waals surface area contributed by atoms with Crippen LogP contribution in [-0.4, -0.2) is 18.0 Å². The lowest BCUT2D eigenvalue weighted by atomic mass is 10.2. The third kappa shape index (κ3) is 4.32. The molecule has 2 aromatic carbocycles. The Balaban J connectivity index is 1.84. The first kappa shape index (κ1) is 17.8. The fraction of sp³-hybridized carbons (Fsp3) is 0.100. The molecule has 0 aliphatic rings. The van der Waals surface area contributed by atoms with Gasteiger partial charge in [0, 0.05) is 10.7 Å². The van der Waals surface area contributed by atoms with Crippen LogP contribution in [0.2, 0.25) is 5.02 Å². The van der Waals surface area contributed by atoms with Gasteiger partial charge >= 0.3 is 0 Å². The van der Waals surface area contributed by atoms with Gasteiger partial charge in [-0.05, 0) is 61.5 Å². The average Bonchev–Trinajstić information content (AvgIpc) is 2.64. The molecule has 26 heavy (non-hydrogen) atoms. The summed E-state index contributed by atoms with van der Waals surface area (Å²) in [5.41, 5.74) is 1.54. The number of benzene rings is 2. The molecular formula is C20H17ClN2O3. The Morgan fingerprint density at radius 1 is 1.04 bits per heavy atom. The van der Waals surface area contributed by atoms with Crippen molar-refractivity contribution in [2.45, 2.75) is 6.92 Å². The average molecular weight is 369 g/mol. The standard InChI is InChI=1S/C20H17ClN2O3/c1-13-4-3-5-17(22-13)20(24)23-18-12-14(21)6-11-19(18)26-16-9-7-15(25-2)8-10-16/h3-12H,1-2H3,(H,23,24). The van der Waals surface area contributed by atoms with Crippen LogP contribution in [0.25, 0.3) is 0 Å². The number of nitrogens with zero attached hydrogens (tertiary/aromatic N) is 1. The van der Waals surface area contributed by atoms with Crippen LogP contribution in [0.1, 0.15) is 16.2 Å². The van der Waals surface area contributed by atoms with E-state index in [2.05, 4.69) is 10.3 Å². The molecule has 0 atom stereocenters. The van der Waals surface area contributed by atoms with Gasteiger partial charge in [0.25, 0.3) is 5.91 Å². The molecule has 1 amide bonds. The summed E-state index contributed by atoms with van der Waals surface area (Å²) in [6, 6.07) is 17.4. The van der Waals surface area contributed by atoms with E-state index in [1.165, 1.54) is 0 Å². The first-order valence-corrected chi connectivity index (χ1v) is 8.29. The lowest BCUT2D eigenvalue weighted by Gasteiger charge is -2.13. The van der Waals surface area contributed by atoms with Crippen molar-refractivity contribution in [3.8, 4) is 17.2 Å². The summed E-state index contributed by atoms with van der Waals surface area (Å²) in [6.45, 7) is 1.83. The number of aryl methyl sites for hydroxylation is 1. The van der Waals surface area contributed by atoms with Crippen LogP contribution in [0.5, 0.6) is 17.2 Å². The van der Waals surface area contributed by atoms with Gasteiger partial charge in [0.2, 0.25) is 0 Å². The third-order valence-electron chi connectivity index (χ3n) is 3.60. The number of halogens is 1. The van der Waals surface area contributed by atoms with Gasteiger partial charge in [-0.2, -0.15) is 0 Å². The van der Waals surface area contributed by atoms with Gasteiger partial charge in [-0.25, -0.2) is 4.98 Å². The Bertz CT molecular complexity index is 927. The van der Waals surface area contributed by atoms with Crippen molar-refractivity contribution in [2.24, 2.45) is 0 Å². The van der Waals surface area contributed by atoms with Crippen LogP contribution >= 0.6 is 11.6 Å². The van der Waals surface area contributed by atoms with Crippen LogP contribution in [0.15, 0.2) is 60.7 Å². The zero-order valence-electron chi connectivity index (χ0n) is 14.3. The highest BCUT2D eigenvalue weighted by atomic mass is 35.5. The lowest BCUT2D eigenvalue weighted by molar-refractivity contribution is 0.102. The number of rotatable bonds is 5. The quantitative estimate of drug-likeness (QED) is 0.680. The molecule has 0 aliphatic heterocycles. The second-order valence-corrected chi connectivity index (χ2v) is 5.97. The van der Waals surface area contributed by atoms with Gasteiger partial charge < -0.3 is 14.8 Å². The first-order chi connectivity index (χ1) is 12.5.